The first-order valence-corrected chi connectivity index (χ1v) is 21.5. The summed E-state index contributed by atoms with van der Waals surface area (Å²) in [6.45, 7) is 24.3. The molecule has 5 atom stereocenters. The van der Waals surface area contributed by atoms with Gasteiger partial charge in [0, 0.05) is 30.8 Å². The van der Waals surface area contributed by atoms with Gasteiger partial charge in [-0.25, -0.2) is 14.4 Å². The van der Waals surface area contributed by atoms with Crippen LogP contribution in [0, 0.1) is 17.3 Å². The molecule has 0 fully saturated rings. The molecule has 0 saturated carbocycles. The Morgan fingerprint density at radius 2 is 1.28 bits per heavy atom. The van der Waals surface area contributed by atoms with Crippen LogP contribution in [0.3, 0.4) is 0 Å². The van der Waals surface area contributed by atoms with Crippen LogP contribution in [0.25, 0.3) is 0 Å². The number of rotatable bonds is 18. The Hall–Kier alpha value is -5.93. The molecular weight excluding hydrogens is 821 g/mol. The smallest absolute Gasteiger partial charge is 0.410 e. The lowest BCUT2D eigenvalue weighted by Crippen LogP contribution is -2.63. The predicted octanol–water partition coefficient (Wildman–Crippen LogP) is 6.64. The van der Waals surface area contributed by atoms with E-state index in [1.54, 1.807) is 65.9 Å². The number of aliphatic carboxylic acids is 1. The minimum atomic E-state index is -1.18. The quantitative estimate of drug-likeness (QED) is 0.101. The van der Waals surface area contributed by atoms with Crippen molar-refractivity contribution in [2.45, 2.75) is 145 Å². The highest BCUT2D eigenvalue weighted by Gasteiger charge is 2.45. The lowest BCUT2D eigenvalue weighted by Gasteiger charge is -2.42. The normalized spacial score (nSPS) is 14.6. The number of carboxylic acid groups (broad SMARTS) is 1. The van der Waals surface area contributed by atoms with Gasteiger partial charge in [-0.2, -0.15) is 0 Å². The summed E-state index contributed by atoms with van der Waals surface area (Å²) >= 11 is 0. The van der Waals surface area contributed by atoms with E-state index in [1.165, 1.54) is 36.8 Å². The number of carbonyl (C=O) groups is 7. The van der Waals surface area contributed by atoms with Crippen LogP contribution < -0.4 is 21.3 Å². The summed E-state index contributed by atoms with van der Waals surface area (Å²) in [5, 5.41) is 20.5. The van der Waals surface area contributed by atoms with Crippen LogP contribution in [0.15, 0.2) is 66.2 Å². The molecule has 6 amide bonds. The predicted molar refractivity (Wildman–Crippen MR) is 246 cm³/mol. The maximum Gasteiger partial charge on any atom is 0.410 e. The molecule has 0 heterocycles. The number of hydrogen-bond acceptors (Lipinski definition) is 9. The Balaban J connectivity index is 2.28. The molecule has 354 valence electrons. The van der Waals surface area contributed by atoms with Crippen LogP contribution in [0.2, 0.25) is 0 Å². The fraction of sp³-hybridized carbons (Fsp3) is 0.562. The number of amides is 6. The molecule has 2 aromatic rings. The first-order valence-electron chi connectivity index (χ1n) is 21.5. The van der Waals surface area contributed by atoms with E-state index in [9.17, 15) is 38.7 Å². The molecule has 0 aromatic heterocycles. The van der Waals surface area contributed by atoms with Crippen molar-refractivity contribution < 1.29 is 48.1 Å². The summed E-state index contributed by atoms with van der Waals surface area (Å²) in [4.78, 5) is 95.5. The number of carbonyl (C=O) groups excluding carboxylic acids is 6. The van der Waals surface area contributed by atoms with Crippen molar-refractivity contribution in [2.24, 2.45) is 17.3 Å². The molecule has 0 unspecified atom stereocenters. The topological polar surface area (TPSA) is 213 Å². The van der Waals surface area contributed by atoms with E-state index in [1.807, 2.05) is 78.8 Å². The van der Waals surface area contributed by atoms with Gasteiger partial charge in [-0.05, 0) is 75.1 Å². The van der Waals surface area contributed by atoms with Gasteiger partial charge in [0.15, 0.2) is 0 Å². The van der Waals surface area contributed by atoms with E-state index >= 15 is 0 Å². The number of benzene rings is 2. The Kier molecular flexibility index (Phi) is 19.2. The van der Waals surface area contributed by atoms with Gasteiger partial charge >= 0.3 is 18.2 Å². The number of anilines is 1. The number of alkyl carbamates (subject to hydrolysis) is 1. The highest BCUT2D eigenvalue weighted by molar-refractivity contribution is 5.98. The summed E-state index contributed by atoms with van der Waals surface area (Å²) in [6.07, 6.45) is -0.0278. The third-order valence-electron chi connectivity index (χ3n) is 10.7. The number of nitrogens with zero attached hydrogens (tertiary/aromatic N) is 2. The molecule has 0 aliphatic rings. The number of ether oxygens (including phenoxy) is 2. The first kappa shape index (κ1) is 54.2. The molecule has 2 aromatic carbocycles. The number of nitrogens with one attached hydrogen (secondary N) is 4. The van der Waals surface area contributed by atoms with Crippen molar-refractivity contribution >= 4 is 47.5 Å². The van der Waals surface area contributed by atoms with E-state index in [-0.39, 0.29) is 24.0 Å². The molecule has 5 N–H and O–H groups in total. The molecular formula is C48H72N6O10. The van der Waals surface area contributed by atoms with Crippen molar-refractivity contribution in [3.05, 3.63) is 77.4 Å². The van der Waals surface area contributed by atoms with Gasteiger partial charge in [0.2, 0.25) is 23.6 Å². The molecule has 0 aliphatic carbocycles. The highest BCUT2D eigenvalue weighted by Crippen LogP contribution is 2.32. The van der Waals surface area contributed by atoms with E-state index in [4.69, 9.17) is 9.47 Å². The monoisotopic (exact) mass is 893 g/mol. The van der Waals surface area contributed by atoms with E-state index in [0.717, 1.165) is 5.56 Å². The fourth-order valence-electron chi connectivity index (χ4n) is 6.94. The maximum atomic E-state index is 14.6. The van der Waals surface area contributed by atoms with Crippen molar-refractivity contribution in [3.8, 4) is 0 Å². The van der Waals surface area contributed by atoms with Crippen molar-refractivity contribution in [1.82, 2.24) is 25.8 Å². The van der Waals surface area contributed by atoms with E-state index < -0.39 is 88.4 Å². The van der Waals surface area contributed by atoms with Gasteiger partial charge in [0.25, 0.3) is 0 Å². The van der Waals surface area contributed by atoms with Crippen molar-refractivity contribution in [2.75, 3.05) is 19.4 Å². The molecule has 2 rings (SSSR count). The zero-order chi connectivity index (χ0) is 49.1. The molecule has 0 bridgehead atoms. The molecule has 0 aliphatic heterocycles. The number of likely N-dealkylation sites (N-methyl/N-ethyl adjacent to an activating group) is 2. The summed E-state index contributed by atoms with van der Waals surface area (Å²) in [6, 6.07) is 11.0. The minimum absolute atomic E-state index is 0.0858. The second-order valence-corrected chi connectivity index (χ2v) is 19.6. The van der Waals surface area contributed by atoms with Crippen LogP contribution in [0.1, 0.15) is 108 Å². The lowest BCUT2D eigenvalue weighted by atomic mass is 9.76. The molecule has 0 radical (unpaired) electrons. The summed E-state index contributed by atoms with van der Waals surface area (Å²) in [5.74, 6) is -3.63. The summed E-state index contributed by atoms with van der Waals surface area (Å²) < 4.78 is 11.0. The third kappa shape index (κ3) is 15.7. The van der Waals surface area contributed by atoms with Crippen LogP contribution in [-0.2, 0) is 45.5 Å². The average Bonchev–Trinajstić information content (AvgIpc) is 3.18. The molecule has 0 saturated heterocycles. The van der Waals surface area contributed by atoms with Gasteiger partial charge in [0.05, 0.1) is 6.04 Å². The van der Waals surface area contributed by atoms with Crippen LogP contribution >= 0.6 is 0 Å². The van der Waals surface area contributed by atoms with Gasteiger partial charge < -0.3 is 40.7 Å². The molecule has 16 heteroatoms. The standard InChI is InChI=1S/C48H72N6O10/c1-28(2)35(26-30(5)43(59)60)53(15)42(58)37(46(7,8)9)52-41(57)38(48(13,14)33-20-18-17-19-21-33)54(16)45(62)63-27-32-22-24-34(25-23-32)50-39(55)31(6)49-40(56)36(29(3)4)51-44(61)64-47(10,11)12/h17-26,28-29,31,35-38H,27H2,1-16H3,(H,49,56)(H,50,55)(H,51,61)(H,52,57)(H,59,60)/b30-26+/t31-,35+,36-,37+,38+/m0/s1. The van der Waals surface area contributed by atoms with E-state index in [2.05, 4.69) is 21.3 Å². The summed E-state index contributed by atoms with van der Waals surface area (Å²) in [5.41, 5.74) is -0.736. The Labute approximate surface area is 379 Å². The van der Waals surface area contributed by atoms with Crippen molar-refractivity contribution in [3.63, 3.8) is 0 Å². The Bertz CT molecular complexity index is 1980. The SMILES string of the molecule is C/C(=C\[C@H](C(C)C)N(C)C(=O)[C@@H](NC(=O)[C@@H](N(C)C(=O)OCc1ccc(NC(=O)[C@H](C)NC(=O)[C@@H](NC(=O)OC(C)(C)C)C(C)C)cc1)C(C)(C)c1ccccc1)C(C)(C)C)C(=O)O. The van der Waals surface area contributed by atoms with Gasteiger partial charge in [-0.1, -0.05) is 111 Å². The fourth-order valence-corrected chi connectivity index (χ4v) is 6.94. The number of hydrogen-bond donors (Lipinski definition) is 5. The van der Waals surface area contributed by atoms with E-state index in [0.29, 0.717) is 11.3 Å². The number of carboxylic acids is 1. The zero-order valence-corrected chi connectivity index (χ0v) is 40.5. The lowest BCUT2D eigenvalue weighted by molar-refractivity contribution is -0.141. The van der Waals surface area contributed by atoms with Gasteiger partial charge in [-0.3, -0.25) is 24.1 Å². The highest BCUT2D eigenvalue weighted by atomic mass is 16.6. The van der Waals surface area contributed by atoms with Crippen LogP contribution in [-0.4, -0.2) is 107 Å². The Morgan fingerprint density at radius 1 is 0.719 bits per heavy atom. The second-order valence-electron chi connectivity index (χ2n) is 19.6. The molecule has 64 heavy (non-hydrogen) atoms. The van der Waals surface area contributed by atoms with Gasteiger partial charge in [-0.15, -0.1) is 0 Å². The third-order valence-corrected chi connectivity index (χ3v) is 10.7. The first-order chi connectivity index (χ1) is 29.4. The molecule has 0 spiro atoms. The van der Waals surface area contributed by atoms with Gasteiger partial charge in [0.1, 0.15) is 36.4 Å². The minimum Gasteiger partial charge on any atom is -0.478 e. The van der Waals surface area contributed by atoms with Crippen LogP contribution in [0.4, 0.5) is 15.3 Å². The largest absolute Gasteiger partial charge is 0.478 e. The Morgan fingerprint density at radius 3 is 1.77 bits per heavy atom. The maximum absolute atomic E-state index is 14.6. The zero-order valence-electron chi connectivity index (χ0n) is 40.5. The average molecular weight is 893 g/mol. The second kappa shape index (κ2) is 22.6. The van der Waals surface area contributed by atoms with Crippen molar-refractivity contribution in [1.29, 1.82) is 0 Å². The van der Waals surface area contributed by atoms with Crippen LogP contribution in [0.5, 0.6) is 0 Å². The molecule has 16 nitrogen and oxygen atoms in total. The summed E-state index contributed by atoms with van der Waals surface area (Å²) in [7, 11) is 3.04.